The summed E-state index contributed by atoms with van der Waals surface area (Å²) in [5, 5.41) is 4.07. The third-order valence-electron chi connectivity index (χ3n) is 5.39. The van der Waals surface area contributed by atoms with Gasteiger partial charge in [-0.2, -0.15) is 0 Å². The second-order valence-corrected chi connectivity index (χ2v) is 8.66. The van der Waals surface area contributed by atoms with Crippen molar-refractivity contribution in [2.24, 2.45) is 0 Å². The molecule has 1 fully saturated rings. The Kier molecular flexibility index (Phi) is 7.79. The van der Waals surface area contributed by atoms with E-state index in [9.17, 15) is 4.79 Å². The molecule has 1 amide bonds. The molecule has 1 aliphatic heterocycles. The van der Waals surface area contributed by atoms with Crippen molar-refractivity contribution in [3.63, 3.8) is 0 Å². The second kappa shape index (κ2) is 11.2. The zero-order valence-electron chi connectivity index (χ0n) is 18.5. The van der Waals surface area contributed by atoms with Gasteiger partial charge in [-0.15, -0.1) is 0 Å². The minimum atomic E-state index is 0.0282. The highest BCUT2D eigenvalue weighted by Gasteiger charge is 2.20. The molecule has 1 aromatic heterocycles. The summed E-state index contributed by atoms with van der Waals surface area (Å²) in [5.41, 5.74) is 1.02. The number of ether oxygens (including phenoxy) is 2. The van der Waals surface area contributed by atoms with Gasteiger partial charge in [0.2, 0.25) is 5.91 Å². The molecule has 4 rings (SSSR count). The van der Waals surface area contributed by atoms with Crippen molar-refractivity contribution in [1.29, 1.82) is 0 Å². The number of anilines is 1. The largest absolute Gasteiger partial charge is 0.494 e. The fraction of sp³-hybridized carbons (Fsp3) is 0.417. The van der Waals surface area contributed by atoms with Gasteiger partial charge in [0.1, 0.15) is 11.5 Å². The van der Waals surface area contributed by atoms with Gasteiger partial charge in [0.25, 0.3) is 0 Å². The molecule has 2 aromatic carbocycles. The maximum atomic E-state index is 12.0. The lowest BCUT2D eigenvalue weighted by Crippen LogP contribution is -2.48. The zero-order valence-corrected chi connectivity index (χ0v) is 19.3. The fourth-order valence-electron chi connectivity index (χ4n) is 3.67. The first-order valence-electron chi connectivity index (χ1n) is 11.2. The molecule has 1 saturated heterocycles. The van der Waals surface area contributed by atoms with E-state index in [1.165, 1.54) is 0 Å². The van der Waals surface area contributed by atoms with Crippen LogP contribution >= 0.6 is 11.3 Å². The Morgan fingerprint density at radius 3 is 2.66 bits per heavy atom. The van der Waals surface area contributed by atoms with Crippen molar-refractivity contribution in [3.8, 4) is 11.5 Å². The molecule has 0 spiro atoms. The van der Waals surface area contributed by atoms with Crippen molar-refractivity contribution in [2.45, 2.75) is 13.3 Å². The summed E-state index contributed by atoms with van der Waals surface area (Å²) in [4.78, 5) is 21.6. The quantitative estimate of drug-likeness (QED) is 0.507. The van der Waals surface area contributed by atoms with Gasteiger partial charge in [-0.3, -0.25) is 9.69 Å². The molecule has 3 aromatic rings. The SMILES string of the molecule is CCOc1ccc2nc(N3CCN(CCNC(=O)CCOc4ccccc4)CC3)sc2c1. The van der Waals surface area contributed by atoms with Crippen LogP contribution in [0.4, 0.5) is 5.13 Å². The van der Waals surface area contributed by atoms with E-state index in [0.29, 0.717) is 26.2 Å². The molecule has 8 heteroatoms. The Morgan fingerprint density at radius 2 is 1.88 bits per heavy atom. The molecule has 2 heterocycles. The summed E-state index contributed by atoms with van der Waals surface area (Å²) in [6.07, 6.45) is 0.366. The number of nitrogens with one attached hydrogen (secondary N) is 1. The van der Waals surface area contributed by atoms with Gasteiger partial charge in [-0.1, -0.05) is 29.5 Å². The van der Waals surface area contributed by atoms with Crippen LogP contribution in [0.15, 0.2) is 48.5 Å². The van der Waals surface area contributed by atoms with Crippen LogP contribution in [0, 0.1) is 0 Å². The molecular formula is C24H30N4O3S. The highest BCUT2D eigenvalue weighted by Crippen LogP contribution is 2.31. The van der Waals surface area contributed by atoms with Gasteiger partial charge >= 0.3 is 0 Å². The summed E-state index contributed by atoms with van der Waals surface area (Å²) in [7, 11) is 0. The first-order valence-corrected chi connectivity index (χ1v) is 12.0. The lowest BCUT2D eigenvalue weighted by Gasteiger charge is -2.34. The normalized spacial score (nSPS) is 14.5. The summed E-state index contributed by atoms with van der Waals surface area (Å²) in [5.74, 6) is 1.72. The number of thiazole rings is 1. The van der Waals surface area contributed by atoms with E-state index in [1.807, 2.05) is 49.4 Å². The maximum absolute atomic E-state index is 12.0. The van der Waals surface area contributed by atoms with Crippen LogP contribution in [0.25, 0.3) is 10.2 Å². The fourth-order valence-corrected chi connectivity index (χ4v) is 4.71. The molecule has 0 atom stereocenters. The molecule has 0 radical (unpaired) electrons. The number of para-hydroxylation sites is 1. The first-order chi connectivity index (χ1) is 15.7. The average molecular weight is 455 g/mol. The zero-order chi connectivity index (χ0) is 22.2. The predicted molar refractivity (Wildman–Crippen MR) is 129 cm³/mol. The summed E-state index contributed by atoms with van der Waals surface area (Å²) in [6, 6.07) is 15.7. The van der Waals surface area contributed by atoms with Gasteiger partial charge in [-0.25, -0.2) is 4.98 Å². The van der Waals surface area contributed by atoms with Crippen LogP contribution in [0.2, 0.25) is 0 Å². The minimum Gasteiger partial charge on any atom is -0.494 e. The van der Waals surface area contributed by atoms with Crippen LogP contribution in [0.1, 0.15) is 13.3 Å². The number of benzene rings is 2. The lowest BCUT2D eigenvalue weighted by atomic mass is 10.3. The predicted octanol–water partition coefficient (Wildman–Crippen LogP) is 3.40. The monoisotopic (exact) mass is 454 g/mol. The topological polar surface area (TPSA) is 66.9 Å². The number of fused-ring (bicyclic) bond motifs is 1. The van der Waals surface area contributed by atoms with E-state index in [-0.39, 0.29) is 5.91 Å². The molecule has 0 unspecified atom stereocenters. The van der Waals surface area contributed by atoms with E-state index >= 15 is 0 Å². The summed E-state index contributed by atoms with van der Waals surface area (Å²) < 4.78 is 12.3. The smallest absolute Gasteiger partial charge is 0.223 e. The average Bonchev–Trinajstić information content (AvgIpc) is 3.24. The molecule has 0 saturated carbocycles. The number of carbonyl (C=O) groups excluding carboxylic acids is 1. The van der Waals surface area contributed by atoms with Gasteiger partial charge in [-0.05, 0) is 37.3 Å². The number of rotatable bonds is 10. The Bertz CT molecular complexity index is 1000. The molecule has 0 aliphatic carbocycles. The second-order valence-electron chi connectivity index (χ2n) is 7.65. The number of hydrogen-bond acceptors (Lipinski definition) is 7. The lowest BCUT2D eigenvalue weighted by molar-refractivity contribution is -0.121. The first kappa shape index (κ1) is 22.4. The van der Waals surface area contributed by atoms with Gasteiger partial charge < -0.3 is 19.7 Å². The molecule has 7 nitrogen and oxygen atoms in total. The summed E-state index contributed by atoms with van der Waals surface area (Å²) in [6.45, 7) is 8.38. The van der Waals surface area contributed by atoms with E-state index in [1.54, 1.807) is 11.3 Å². The van der Waals surface area contributed by atoms with Crippen molar-refractivity contribution < 1.29 is 14.3 Å². The van der Waals surface area contributed by atoms with Crippen LogP contribution in [0.5, 0.6) is 11.5 Å². The van der Waals surface area contributed by atoms with Crippen molar-refractivity contribution in [1.82, 2.24) is 15.2 Å². The van der Waals surface area contributed by atoms with Crippen LogP contribution in [-0.4, -0.2) is 68.3 Å². The molecular weight excluding hydrogens is 424 g/mol. The van der Waals surface area contributed by atoms with E-state index in [0.717, 1.165) is 59.6 Å². The van der Waals surface area contributed by atoms with E-state index in [4.69, 9.17) is 14.5 Å². The molecule has 32 heavy (non-hydrogen) atoms. The number of piperazine rings is 1. The van der Waals surface area contributed by atoms with Crippen LogP contribution in [-0.2, 0) is 4.79 Å². The Morgan fingerprint density at radius 1 is 1.06 bits per heavy atom. The molecule has 170 valence electrons. The highest BCUT2D eigenvalue weighted by molar-refractivity contribution is 7.22. The number of amides is 1. The third kappa shape index (κ3) is 6.11. The van der Waals surface area contributed by atoms with Gasteiger partial charge in [0.05, 0.1) is 29.9 Å². The minimum absolute atomic E-state index is 0.0282. The maximum Gasteiger partial charge on any atom is 0.223 e. The number of carbonyl (C=O) groups is 1. The Balaban J connectivity index is 1.15. The Labute approximate surface area is 192 Å². The van der Waals surface area contributed by atoms with E-state index in [2.05, 4.69) is 21.2 Å². The van der Waals surface area contributed by atoms with Gasteiger partial charge in [0.15, 0.2) is 5.13 Å². The van der Waals surface area contributed by atoms with Gasteiger partial charge in [0, 0.05) is 39.3 Å². The number of aromatic nitrogens is 1. The van der Waals surface area contributed by atoms with Crippen molar-refractivity contribution >= 4 is 32.6 Å². The third-order valence-corrected chi connectivity index (χ3v) is 6.47. The number of nitrogens with zero attached hydrogens (tertiary/aromatic N) is 3. The van der Waals surface area contributed by atoms with Crippen molar-refractivity contribution in [2.75, 3.05) is 57.4 Å². The van der Waals surface area contributed by atoms with E-state index < -0.39 is 0 Å². The highest BCUT2D eigenvalue weighted by atomic mass is 32.1. The molecule has 1 aliphatic rings. The van der Waals surface area contributed by atoms with Crippen molar-refractivity contribution in [3.05, 3.63) is 48.5 Å². The summed E-state index contributed by atoms with van der Waals surface area (Å²) >= 11 is 1.72. The number of hydrogen-bond donors (Lipinski definition) is 1. The van der Waals surface area contributed by atoms with Crippen LogP contribution < -0.4 is 19.7 Å². The molecule has 1 N–H and O–H groups in total. The van der Waals surface area contributed by atoms with Crippen LogP contribution in [0.3, 0.4) is 0 Å². The standard InChI is InChI=1S/C24H30N4O3S/c1-2-30-20-8-9-21-22(18-20)32-24(26-21)28-15-13-27(14-16-28)12-11-25-23(29)10-17-31-19-6-4-3-5-7-19/h3-9,18H,2,10-17H2,1H3,(H,25,29). The molecule has 0 bridgehead atoms. The Hall–Kier alpha value is -2.84.